The minimum Gasteiger partial charge on any atom is -0.461 e. The summed E-state index contributed by atoms with van der Waals surface area (Å²) in [6.07, 6.45) is 72.0. The second-order valence-electron chi connectivity index (χ2n) is 18.6. The summed E-state index contributed by atoms with van der Waals surface area (Å²) in [6.45, 7) is 6.40. The minimum absolute atomic E-state index is 0.0246. The normalized spacial score (nSPS) is 13.9. The van der Waals surface area contributed by atoms with Crippen molar-refractivity contribution in [3.63, 3.8) is 0 Å². The van der Waals surface area contributed by atoms with Crippen molar-refractivity contribution in [2.75, 3.05) is 6.61 Å². The van der Waals surface area contributed by atoms with E-state index in [0.29, 0.717) is 19.3 Å². The van der Waals surface area contributed by atoms with E-state index in [4.69, 9.17) is 4.74 Å². The molecule has 0 aliphatic heterocycles. The molecule has 0 fully saturated rings. The Hall–Kier alpha value is -3.22. The maximum Gasteiger partial charge on any atom is 0.306 e. The summed E-state index contributed by atoms with van der Waals surface area (Å²) in [5, 5.41) is 23.8. The second-order valence-corrected chi connectivity index (χ2v) is 18.6. The molecule has 0 aromatic rings. The molecular weight excluding hydrogens is 827 g/mol. The van der Waals surface area contributed by atoms with Gasteiger partial charge in [-0.15, -0.1) is 0 Å². The molecule has 0 spiro atoms. The number of aliphatic hydroxyl groups is 2. The summed E-state index contributed by atoms with van der Waals surface area (Å²) >= 11 is 0. The van der Waals surface area contributed by atoms with Gasteiger partial charge in [-0.3, -0.25) is 9.59 Å². The molecule has 0 heterocycles. The van der Waals surface area contributed by atoms with Crippen LogP contribution in [-0.2, 0) is 14.3 Å². The van der Waals surface area contributed by atoms with E-state index in [1.807, 2.05) is 12.2 Å². The van der Waals surface area contributed by atoms with Crippen LogP contribution in [0.4, 0.5) is 0 Å². The molecule has 0 bridgehead atoms. The average Bonchev–Trinajstić information content (AvgIpc) is 3.32. The van der Waals surface area contributed by atoms with Crippen molar-refractivity contribution in [3.05, 3.63) is 97.2 Å². The number of hydrogen-bond donors (Lipinski definition) is 3. The predicted octanol–water partition coefficient (Wildman–Crippen LogP) is 17.3. The molecule has 3 N–H and O–H groups in total. The monoisotopic (exact) mass is 932 g/mol. The molecule has 384 valence electrons. The highest BCUT2D eigenvalue weighted by Crippen LogP contribution is 2.16. The molecule has 0 saturated carbocycles. The van der Waals surface area contributed by atoms with E-state index in [9.17, 15) is 19.8 Å². The van der Waals surface area contributed by atoms with E-state index in [2.05, 4.69) is 111 Å². The Morgan fingerprint density at radius 2 is 0.791 bits per heavy atom. The van der Waals surface area contributed by atoms with Crippen LogP contribution in [0.15, 0.2) is 97.2 Å². The van der Waals surface area contributed by atoms with Gasteiger partial charge in [0.25, 0.3) is 0 Å². The highest BCUT2D eigenvalue weighted by Gasteiger charge is 2.23. The van der Waals surface area contributed by atoms with Gasteiger partial charge in [0.1, 0.15) is 6.10 Å². The van der Waals surface area contributed by atoms with Gasteiger partial charge in [0, 0.05) is 12.8 Å². The van der Waals surface area contributed by atoms with E-state index in [0.717, 1.165) is 70.6 Å². The lowest BCUT2D eigenvalue weighted by Gasteiger charge is -2.24. The third-order valence-electron chi connectivity index (χ3n) is 12.1. The lowest BCUT2D eigenvalue weighted by molar-refractivity contribution is -0.150. The third-order valence-corrected chi connectivity index (χ3v) is 12.1. The van der Waals surface area contributed by atoms with E-state index in [1.165, 1.54) is 128 Å². The topological polar surface area (TPSA) is 95.9 Å². The molecule has 0 aromatic heterocycles. The van der Waals surface area contributed by atoms with Gasteiger partial charge < -0.3 is 20.3 Å². The molecule has 1 amide bonds. The van der Waals surface area contributed by atoms with Gasteiger partial charge in [-0.2, -0.15) is 0 Å². The van der Waals surface area contributed by atoms with Crippen molar-refractivity contribution < 1.29 is 24.5 Å². The number of rotatable bonds is 49. The van der Waals surface area contributed by atoms with Crippen LogP contribution >= 0.6 is 0 Å². The standard InChI is InChI=1S/C61H105NO5/c1-4-7-10-13-16-19-22-25-28-30-33-36-39-42-45-48-51-54-61(66)67-57(52-49-46-43-40-37-34-31-27-24-21-18-15-12-9-6-3)55-60(65)62-58(56-63)59(64)53-50-47-44-41-38-35-32-29-26-23-20-17-14-11-8-5-2/h16,18-19,21,25,27-28,31,33,36-37,40,42,45-46,49,57-59,63-64H,4-15,17,20,22-24,26,29-30,32,34-35,38-39,41,43-44,47-48,50-56H2,1-3H3,(H,62,65)/b19-16-,21-18-,28-25-,31-27-,36-33-,40-37-,45-42-,49-46-. The first kappa shape index (κ1) is 63.8. The van der Waals surface area contributed by atoms with Crippen LogP contribution in [0, 0.1) is 0 Å². The summed E-state index contributed by atoms with van der Waals surface area (Å²) < 4.78 is 5.85. The number of esters is 1. The van der Waals surface area contributed by atoms with Gasteiger partial charge in [-0.05, 0) is 83.5 Å². The lowest BCUT2D eigenvalue weighted by atomic mass is 10.0. The number of aliphatic hydroxyl groups excluding tert-OH is 2. The van der Waals surface area contributed by atoms with Crippen molar-refractivity contribution in [3.8, 4) is 0 Å². The third kappa shape index (κ3) is 49.0. The van der Waals surface area contributed by atoms with Gasteiger partial charge in [-0.1, -0.05) is 246 Å². The molecule has 0 aliphatic rings. The Morgan fingerprint density at radius 3 is 1.19 bits per heavy atom. The second kappa shape index (κ2) is 53.7. The van der Waals surface area contributed by atoms with E-state index in [-0.39, 0.29) is 31.3 Å². The maximum absolute atomic E-state index is 13.2. The molecule has 0 rings (SSSR count). The van der Waals surface area contributed by atoms with Gasteiger partial charge in [0.05, 0.1) is 25.2 Å². The van der Waals surface area contributed by atoms with E-state index < -0.39 is 18.2 Å². The van der Waals surface area contributed by atoms with Crippen LogP contribution in [0.3, 0.4) is 0 Å². The molecule has 0 aromatic carbocycles. The minimum atomic E-state index is -0.826. The van der Waals surface area contributed by atoms with Gasteiger partial charge in [0.2, 0.25) is 5.91 Å². The van der Waals surface area contributed by atoms with Crippen molar-refractivity contribution in [2.24, 2.45) is 0 Å². The maximum atomic E-state index is 13.2. The Morgan fingerprint density at radius 1 is 0.448 bits per heavy atom. The first-order valence-electron chi connectivity index (χ1n) is 28.0. The van der Waals surface area contributed by atoms with Crippen molar-refractivity contribution in [1.29, 1.82) is 0 Å². The zero-order valence-corrected chi connectivity index (χ0v) is 43.8. The molecule has 3 unspecified atom stereocenters. The number of allylic oxidation sites excluding steroid dienone is 15. The van der Waals surface area contributed by atoms with Crippen molar-refractivity contribution in [2.45, 2.75) is 270 Å². The first-order valence-corrected chi connectivity index (χ1v) is 28.0. The highest BCUT2D eigenvalue weighted by atomic mass is 16.5. The predicted molar refractivity (Wildman–Crippen MR) is 291 cm³/mol. The smallest absolute Gasteiger partial charge is 0.306 e. The SMILES string of the molecule is CCCCC/C=C\C/C=C\C/C=C\C/C=C\CCCC(=O)OC(C/C=C\C/C=C\C/C=C\C/C=C\CCCCC)CC(=O)NC(CO)C(O)CCCCCCCCCCCCCCCCCC. The Bertz CT molecular complexity index is 1320. The zero-order valence-electron chi connectivity index (χ0n) is 43.8. The summed E-state index contributed by atoms with van der Waals surface area (Å²) in [6, 6.07) is -0.748. The fourth-order valence-corrected chi connectivity index (χ4v) is 7.87. The van der Waals surface area contributed by atoms with Crippen LogP contribution in [0.5, 0.6) is 0 Å². The molecule has 6 nitrogen and oxygen atoms in total. The van der Waals surface area contributed by atoms with E-state index in [1.54, 1.807) is 0 Å². The largest absolute Gasteiger partial charge is 0.461 e. The average molecular weight is 933 g/mol. The van der Waals surface area contributed by atoms with Crippen molar-refractivity contribution >= 4 is 11.9 Å². The van der Waals surface area contributed by atoms with Crippen LogP contribution < -0.4 is 5.32 Å². The summed E-state index contributed by atoms with van der Waals surface area (Å²) in [7, 11) is 0. The Balaban J connectivity index is 4.76. The summed E-state index contributed by atoms with van der Waals surface area (Å²) in [4.78, 5) is 26.2. The fourth-order valence-electron chi connectivity index (χ4n) is 7.87. The fraction of sp³-hybridized carbons (Fsp3) is 0.705. The van der Waals surface area contributed by atoms with Gasteiger partial charge >= 0.3 is 5.97 Å². The highest BCUT2D eigenvalue weighted by molar-refractivity contribution is 5.77. The van der Waals surface area contributed by atoms with Gasteiger partial charge in [0.15, 0.2) is 0 Å². The van der Waals surface area contributed by atoms with E-state index >= 15 is 0 Å². The quantitative estimate of drug-likeness (QED) is 0.0321. The molecule has 0 radical (unpaired) electrons. The molecular formula is C61H105NO5. The molecule has 67 heavy (non-hydrogen) atoms. The summed E-state index contributed by atoms with van der Waals surface area (Å²) in [5.74, 6) is -0.647. The molecule has 0 saturated heterocycles. The number of ether oxygens (including phenoxy) is 1. The Kier molecular flexibility index (Phi) is 51.1. The first-order chi connectivity index (χ1) is 33.0. The number of hydrogen-bond acceptors (Lipinski definition) is 5. The van der Waals surface area contributed by atoms with Crippen LogP contribution in [0.2, 0.25) is 0 Å². The van der Waals surface area contributed by atoms with Crippen LogP contribution in [0.1, 0.15) is 252 Å². The number of carbonyl (C=O) groups excluding carboxylic acids is 2. The van der Waals surface area contributed by atoms with Gasteiger partial charge in [-0.25, -0.2) is 0 Å². The molecule has 3 atom stereocenters. The van der Waals surface area contributed by atoms with Crippen LogP contribution in [0.25, 0.3) is 0 Å². The summed E-state index contributed by atoms with van der Waals surface area (Å²) in [5.41, 5.74) is 0. The number of unbranched alkanes of at least 4 members (excludes halogenated alkanes) is 22. The number of nitrogens with one attached hydrogen (secondary N) is 1. The van der Waals surface area contributed by atoms with Crippen LogP contribution in [-0.4, -0.2) is 46.9 Å². The van der Waals surface area contributed by atoms with Crippen molar-refractivity contribution in [1.82, 2.24) is 5.32 Å². The molecule has 6 heteroatoms. The number of amides is 1. The molecule has 0 aliphatic carbocycles. The number of carbonyl (C=O) groups is 2. The Labute approximate surface area is 414 Å². The lowest BCUT2D eigenvalue weighted by Crippen LogP contribution is -2.46. The zero-order chi connectivity index (χ0) is 48.8.